The number of aromatic hydroxyl groups is 1. The van der Waals surface area contributed by atoms with Gasteiger partial charge in [0.15, 0.2) is 0 Å². The Bertz CT molecular complexity index is 642. The monoisotopic (exact) mass is 285 g/mol. The van der Waals surface area contributed by atoms with Gasteiger partial charge in [0.2, 0.25) is 0 Å². The molecule has 0 radical (unpaired) electrons. The van der Waals surface area contributed by atoms with Crippen molar-refractivity contribution >= 4 is 0 Å². The van der Waals surface area contributed by atoms with Crippen molar-refractivity contribution in [2.24, 2.45) is 0 Å². The van der Waals surface area contributed by atoms with Crippen LogP contribution in [0.25, 0.3) is 0 Å². The van der Waals surface area contributed by atoms with Crippen LogP contribution in [0.3, 0.4) is 0 Å². The van der Waals surface area contributed by atoms with Gasteiger partial charge in [0.05, 0.1) is 19.3 Å². The van der Waals surface area contributed by atoms with Gasteiger partial charge in [0.1, 0.15) is 11.5 Å². The molecule has 0 saturated heterocycles. The van der Waals surface area contributed by atoms with Crippen LogP contribution in [0.4, 0.5) is 0 Å². The van der Waals surface area contributed by atoms with E-state index in [-0.39, 0.29) is 11.8 Å². The first-order valence-corrected chi connectivity index (χ1v) is 7.04. The van der Waals surface area contributed by atoms with Crippen molar-refractivity contribution in [2.45, 2.75) is 25.1 Å². The summed E-state index contributed by atoms with van der Waals surface area (Å²) in [7, 11) is 1.60. The molecule has 4 nitrogen and oxygen atoms in total. The molecule has 3 N–H and O–H groups in total. The number of phenolic OH excluding ortho intramolecular Hbond substituents is 1. The third-order valence-corrected chi connectivity index (χ3v) is 4.00. The van der Waals surface area contributed by atoms with Crippen LogP contribution >= 0.6 is 0 Å². The van der Waals surface area contributed by atoms with E-state index in [9.17, 15) is 10.2 Å². The fraction of sp³-hybridized carbons (Fsp3) is 0.294. The molecular weight excluding hydrogens is 266 g/mol. The van der Waals surface area contributed by atoms with E-state index in [2.05, 4.69) is 5.32 Å². The molecule has 4 heteroatoms. The van der Waals surface area contributed by atoms with E-state index in [1.54, 1.807) is 25.3 Å². The Hall–Kier alpha value is -2.04. The summed E-state index contributed by atoms with van der Waals surface area (Å²) in [6.07, 6.45) is 0.230. The van der Waals surface area contributed by atoms with Crippen molar-refractivity contribution in [1.82, 2.24) is 5.32 Å². The Morgan fingerprint density at radius 3 is 2.86 bits per heavy atom. The molecule has 0 heterocycles. The van der Waals surface area contributed by atoms with E-state index in [1.165, 1.54) is 5.56 Å². The molecule has 1 aliphatic rings. The normalized spacial score (nSPS) is 20.3. The van der Waals surface area contributed by atoms with Crippen molar-refractivity contribution in [3.63, 3.8) is 0 Å². The third kappa shape index (κ3) is 2.73. The van der Waals surface area contributed by atoms with Gasteiger partial charge >= 0.3 is 0 Å². The maximum absolute atomic E-state index is 10.2. The quantitative estimate of drug-likeness (QED) is 0.805. The van der Waals surface area contributed by atoms with E-state index < -0.39 is 6.10 Å². The first-order chi connectivity index (χ1) is 10.2. The SMILES string of the molecule is COc1ccc(O)c(CN[C@@H]2c3ccccc3C[C@@H]2O)c1. The zero-order valence-electron chi connectivity index (χ0n) is 11.9. The number of ether oxygens (including phenoxy) is 1. The number of fused-ring (bicyclic) bond motifs is 1. The fourth-order valence-corrected chi connectivity index (χ4v) is 2.87. The van der Waals surface area contributed by atoms with Gasteiger partial charge in [-0.2, -0.15) is 0 Å². The Morgan fingerprint density at radius 2 is 2.05 bits per heavy atom. The van der Waals surface area contributed by atoms with Gasteiger partial charge in [-0.05, 0) is 29.3 Å². The Morgan fingerprint density at radius 1 is 1.24 bits per heavy atom. The van der Waals surface area contributed by atoms with Crippen LogP contribution in [0.5, 0.6) is 11.5 Å². The molecule has 0 aliphatic heterocycles. The van der Waals surface area contributed by atoms with E-state index >= 15 is 0 Å². The minimum Gasteiger partial charge on any atom is -0.508 e. The number of benzene rings is 2. The van der Waals surface area contributed by atoms with E-state index in [0.29, 0.717) is 18.7 Å². The molecule has 0 spiro atoms. The smallest absolute Gasteiger partial charge is 0.120 e. The molecule has 0 amide bonds. The lowest BCUT2D eigenvalue weighted by Crippen LogP contribution is -2.28. The number of aliphatic hydroxyl groups is 1. The highest BCUT2D eigenvalue weighted by Gasteiger charge is 2.30. The average Bonchev–Trinajstić information content (AvgIpc) is 2.82. The zero-order valence-corrected chi connectivity index (χ0v) is 11.9. The third-order valence-electron chi connectivity index (χ3n) is 4.00. The molecular formula is C17H19NO3. The van der Waals surface area contributed by atoms with Gasteiger partial charge in [0.25, 0.3) is 0 Å². The molecule has 2 aromatic rings. The molecule has 0 bridgehead atoms. The first kappa shape index (κ1) is 13.9. The fourth-order valence-electron chi connectivity index (χ4n) is 2.87. The van der Waals surface area contributed by atoms with Gasteiger partial charge in [-0.1, -0.05) is 24.3 Å². The lowest BCUT2D eigenvalue weighted by atomic mass is 10.1. The summed E-state index contributed by atoms with van der Waals surface area (Å²) >= 11 is 0. The second-order valence-corrected chi connectivity index (χ2v) is 5.32. The van der Waals surface area contributed by atoms with Gasteiger partial charge in [-0.25, -0.2) is 0 Å². The number of rotatable bonds is 4. The summed E-state index contributed by atoms with van der Waals surface area (Å²) < 4.78 is 5.17. The molecule has 1 aliphatic carbocycles. The van der Waals surface area contributed by atoms with Crippen LogP contribution in [0.1, 0.15) is 22.7 Å². The van der Waals surface area contributed by atoms with Crippen LogP contribution in [0.15, 0.2) is 42.5 Å². The van der Waals surface area contributed by atoms with Crippen LogP contribution in [-0.2, 0) is 13.0 Å². The molecule has 3 rings (SSSR count). The van der Waals surface area contributed by atoms with E-state index in [0.717, 1.165) is 11.1 Å². The minimum atomic E-state index is -0.435. The van der Waals surface area contributed by atoms with Crippen LogP contribution in [-0.4, -0.2) is 23.4 Å². The summed E-state index contributed by atoms with van der Waals surface area (Å²) in [5.41, 5.74) is 3.07. The highest BCUT2D eigenvalue weighted by atomic mass is 16.5. The second-order valence-electron chi connectivity index (χ2n) is 5.32. The van der Waals surface area contributed by atoms with Crippen molar-refractivity contribution in [1.29, 1.82) is 0 Å². The van der Waals surface area contributed by atoms with Crippen LogP contribution < -0.4 is 10.1 Å². The van der Waals surface area contributed by atoms with Gasteiger partial charge in [0, 0.05) is 18.5 Å². The summed E-state index contributed by atoms with van der Waals surface area (Å²) in [5, 5.41) is 23.4. The summed E-state index contributed by atoms with van der Waals surface area (Å²) in [4.78, 5) is 0. The lowest BCUT2D eigenvalue weighted by Gasteiger charge is -2.18. The maximum Gasteiger partial charge on any atom is 0.120 e. The second kappa shape index (κ2) is 5.76. The molecule has 0 saturated carbocycles. The number of hydrogen-bond donors (Lipinski definition) is 3. The predicted octanol–water partition coefficient (Wildman–Crippen LogP) is 2.15. The lowest BCUT2D eigenvalue weighted by molar-refractivity contribution is 0.140. The molecule has 110 valence electrons. The number of hydrogen-bond acceptors (Lipinski definition) is 4. The maximum atomic E-state index is 10.2. The first-order valence-electron chi connectivity index (χ1n) is 7.04. The predicted molar refractivity (Wildman–Crippen MR) is 80.4 cm³/mol. The van der Waals surface area contributed by atoms with Gasteiger partial charge in [-0.3, -0.25) is 0 Å². The number of phenols is 1. The molecule has 0 aromatic heterocycles. The highest BCUT2D eigenvalue weighted by molar-refractivity contribution is 5.40. The average molecular weight is 285 g/mol. The Labute approximate surface area is 124 Å². The topological polar surface area (TPSA) is 61.7 Å². The van der Waals surface area contributed by atoms with Gasteiger partial charge in [-0.15, -0.1) is 0 Å². The summed E-state index contributed by atoms with van der Waals surface area (Å²) in [6.45, 7) is 0.471. The number of aliphatic hydroxyl groups excluding tert-OH is 1. The van der Waals surface area contributed by atoms with Crippen molar-refractivity contribution < 1.29 is 14.9 Å². The van der Waals surface area contributed by atoms with Crippen molar-refractivity contribution in [3.8, 4) is 11.5 Å². The van der Waals surface area contributed by atoms with Crippen LogP contribution in [0, 0.1) is 0 Å². The van der Waals surface area contributed by atoms with Gasteiger partial charge < -0.3 is 20.3 Å². The largest absolute Gasteiger partial charge is 0.508 e. The van der Waals surface area contributed by atoms with E-state index in [4.69, 9.17) is 4.74 Å². The minimum absolute atomic E-state index is 0.105. The standard InChI is InChI=1S/C17H19NO3/c1-21-13-6-7-15(19)12(8-13)10-18-17-14-5-3-2-4-11(14)9-16(17)20/h2-8,16-20H,9-10H2,1H3/t16-,17+/m0/s1. The van der Waals surface area contributed by atoms with Crippen molar-refractivity contribution in [3.05, 3.63) is 59.2 Å². The Kier molecular flexibility index (Phi) is 3.82. The molecule has 0 unspecified atom stereocenters. The van der Waals surface area contributed by atoms with Crippen molar-refractivity contribution in [2.75, 3.05) is 7.11 Å². The molecule has 21 heavy (non-hydrogen) atoms. The van der Waals surface area contributed by atoms with Crippen LogP contribution in [0.2, 0.25) is 0 Å². The summed E-state index contributed by atoms with van der Waals surface area (Å²) in [6, 6.07) is 13.1. The number of nitrogens with one attached hydrogen (secondary N) is 1. The summed E-state index contributed by atoms with van der Waals surface area (Å²) in [5.74, 6) is 0.932. The number of methoxy groups -OCH3 is 1. The highest BCUT2D eigenvalue weighted by Crippen LogP contribution is 2.32. The zero-order chi connectivity index (χ0) is 14.8. The van der Waals surface area contributed by atoms with E-state index in [1.807, 2.05) is 24.3 Å². The Balaban J connectivity index is 1.76. The molecule has 0 fully saturated rings. The molecule has 2 atom stereocenters. The molecule has 2 aromatic carbocycles.